The smallest absolute Gasteiger partial charge is 0.407 e. The van der Waals surface area contributed by atoms with E-state index in [1.165, 1.54) is 30.5 Å². The number of nitrogens with zero attached hydrogens (tertiary/aromatic N) is 6. The number of amides is 4. The molecule has 3 aromatic carbocycles. The van der Waals surface area contributed by atoms with E-state index in [4.69, 9.17) is 30.4 Å². The van der Waals surface area contributed by atoms with Gasteiger partial charge in [0.15, 0.2) is 12.0 Å². The summed E-state index contributed by atoms with van der Waals surface area (Å²) in [4.78, 5) is 69.8. The zero-order chi connectivity index (χ0) is 53.5. The molecule has 4 amide bonds. The van der Waals surface area contributed by atoms with E-state index in [0.29, 0.717) is 66.9 Å². The number of phenols is 1. The first-order valence-electron chi connectivity index (χ1n) is 25.9. The van der Waals surface area contributed by atoms with Gasteiger partial charge in [-0.15, -0.1) is 6.42 Å². The second kappa shape index (κ2) is 21.5. The van der Waals surface area contributed by atoms with Gasteiger partial charge in [0.05, 0.1) is 42.9 Å². The van der Waals surface area contributed by atoms with Crippen LogP contribution in [0.3, 0.4) is 0 Å². The molecule has 2 bridgehead atoms. The van der Waals surface area contributed by atoms with Crippen molar-refractivity contribution in [2.45, 2.75) is 80.9 Å². The molecule has 20 nitrogen and oxygen atoms in total. The van der Waals surface area contributed by atoms with Gasteiger partial charge in [0, 0.05) is 91.2 Å². The molecule has 8 heterocycles. The number of anilines is 2. The lowest BCUT2D eigenvalue weighted by atomic mass is 9.94. The number of aliphatic hydroxyl groups excluding tert-OH is 1. The highest BCUT2D eigenvalue weighted by atomic mass is 19.1. The molecule has 77 heavy (non-hydrogen) atoms. The molecule has 0 spiro atoms. The third-order valence-electron chi connectivity index (χ3n) is 15.5. The minimum absolute atomic E-state index is 0.0305. The molecule has 402 valence electrons. The number of piperazine rings is 1. The van der Waals surface area contributed by atoms with Crippen molar-refractivity contribution in [3.63, 3.8) is 0 Å². The lowest BCUT2D eigenvalue weighted by Gasteiger charge is -2.35. The van der Waals surface area contributed by atoms with Crippen LogP contribution in [0.4, 0.5) is 25.1 Å². The Kier molecular flexibility index (Phi) is 14.4. The van der Waals surface area contributed by atoms with Crippen LogP contribution < -0.4 is 30.9 Å². The van der Waals surface area contributed by atoms with E-state index in [1.54, 1.807) is 18.2 Å². The number of aliphatic hydroxyl groups is 1. The number of terminal acetylenes is 1. The second-order valence-electron chi connectivity index (χ2n) is 20.5. The molecule has 6 aliphatic rings. The zero-order valence-electron chi connectivity index (χ0n) is 42.1. The lowest BCUT2D eigenvalue weighted by Crippen LogP contribution is -2.53. The van der Waals surface area contributed by atoms with Gasteiger partial charge in [-0.1, -0.05) is 30.2 Å². The zero-order valence-corrected chi connectivity index (χ0v) is 42.1. The predicted molar refractivity (Wildman–Crippen MR) is 277 cm³/mol. The number of alkyl carbamates (subject to hydrolysis) is 1. The molecule has 0 aliphatic carbocycles. The van der Waals surface area contributed by atoms with Gasteiger partial charge >= 0.3 is 12.1 Å². The number of nitrogens with one attached hydrogen (secondary N) is 4. The van der Waals surface area contributed by atoms with Gasteiger partial charge in [-0.05, 0) is 74.2 Å². The molecule has 22 heteroatoms. The van der Waals surface area contributed by atoms with E-state index in [2.05, 4.69) is 53.5 Å². The maximum atomic E-state index is 17.2. The number of aromatic nitrogens is 3. The number of hydrogen-bond acceptors (Lipinski definition) is 17. The summed E-state index contributed by atoms with van der Waals surface area (Å²) in [6.45, 7) is 8.01. The fourth-order valence-corrected chi connectivity index (χ4v) is 12.0. The van der Waals surface area contributed by atoms with Crippen LogP contribution in [0.25, 0.3) is 32.9 Å². The Morgan fingerprint density at radius 3 is 2.56 bits per heavy atom. The molecule has 0 saturated carbocycles. The van der Waals surface area contributed by atoms with Crippen LogP contribution in [0, 0.1) is 24.0 Å². The Bertz CT molecular complexity index is 3240. The van der Waals surface area contributed by atoms with Crippen molar-refractivity contribution >= 4 is 57.0 Å². The third kappa shape index (κ3) is 10.0. The second-order valence-corrected chi connectivity index (χ2v) is 20.5. The summed E-state index contributed by atoms with van der Waals surface area (Å²) in [5, 5.41) is 34.6. The van der Waals surface area contributed by atoms with Gasteiger partial charge in [0.25, 0.3) is 5.91 Å². The number of phenolic OH excluding ortho intramolecular Hbond substituents is 1. The molecular weight excluding hydrogens is 999 g/mol. The number of pyridine rings is 1. The molecule has 0 radical (unpaired) electrons. The van der Waals surface area contributed by atoms with Gasteiger partial charge in [0.1, 0.15) is 47.9 Å². The summed E-state index contributed by atoms with van der Waals surface area (Å²) in [5.74, 6) is -0.293. The highest BCUT2D eigenvalue weighted by molar-refractivity contribution is 6.07. The normalized spacial score (nSPS) is 23.8. The third-order valence-corrected chi connectivity index (χ3v) is 15.5. The van der Waals surface area contributed by atoms with Crippen LogP contribution in [0.5, 0.6) is 11.8 Å². The van der Waals surface area contributed by atoms with Crippen molar-refractivity contribution in [3.05, 3.63) is 89.1 Å². The first-order valence-corrected chi connectivity index (χ1v) is 25.9. The number of hydrogen-bond donors (Lipinski definition) is 6. The number of benzene rings is 3. The molecule has 5 aromatic rings. The maximum Gasteiger partial charge on any atom is 0.407 e. The number of aromatic hydroxyl groups is 1. The summed E-state index contributed by atoms with van der Waals surface area (Å²) in [6, 6.07) is 9.77. The van der Waals surface area contributed by atoms with Crippen molar-refractivity contribution in [2.24, 2.45) is 0 Å². The lowest BCUT2D eigenvalue weighted by molar-refractivity contribution is -0.139. The van der Waals surface area contributed by atoms with Crippen molar-refractivity contribution < 1.29 is 57.1 Å². The van der Waals surface area contributed by atoms with Crippen molar-refractivity contribution in [1.29, 1.82) is 0 Å². The fourth-order valence-electron chi connectivity index (χ4n) is 12.0. The maximum absolute atomic E-state index is 17.2. The van der Waals surface area contributed by atoms with E-state index >= 15 is 8.78 Å². The first kappa shape index (κ1) is 51.6. The van der Waals surface area contributed by atoms with Gasteiger partial charge in [-0.2, -0.15) is 9.97 Å². The number of halogens is 2. The largest absolute Gasteiger partial charge is 0.508 e. The van der Waals surface area contributed by atoms with Crippen LogP contribution >= 0.6 is 0 Å². The number of piperidine rings is 1. The van der Waals surface area contributed by atoms with Crippen LogP contribution in [0.2, 0.25) is 0 Å². The van der Waals surface area contributed by atoms with Crippen LogP contribution in [-0.4, -0.2) is 161 Å². The van der Waals surface area contributed by atoms with Gasteiger partial charge < -0.3 is 50.0 Å². The first-order chi connectivity index (χ1) is 37.3. The molecule has 6 aliphatic heterocycles. The highest BCUT2D eigenvalue weighted by Crippen LogP contribution is 2.46. The number of carbonyl (C=O) groups excluding carboxylic acids is 4. The Morgan fingerprint density at radius 2 is 1.78 bits per heavy atom. The average Bonchev–Trinajstić information content (AvgIpc) is 4.26. The van der Waals surface area contributed by atoms with E-state index in [0.717, 1.165) is 29.7 Å². The summed E-state index contributed by atoms with van der Waals surface area (Å²) < 4.78 is 55.8. The standard InChI is InChI=1S/C55H58F2N10O10/c1-3-36-40(56)10-7-31-21-35(68)22-38(44(31)36)47-46(57)48-39(24-60-47)49(65-26-32-8-9-33(27-65)61-32)64-53(63-48)77-29-55-14-13-34(66(55)25-30(2)23-55)28-76-54(73)59-16-18-75-20-19-74-17-15-58-41-6-4-5-37-45(41)52(72)67(51(37)71)42-11-12-43(69)62-50(42)70/h1,4-7,10,21-22,24,32-34,42,52,58,61,68,72H,2,8-9,11-20,23,25-29H2,(H,59,73)(H,62,69,70). The quantitative estimate of drug-likeness (QED) is 0.0308. The molecule has 6 atom stereocenters. The number of rotatable bonds is 18. The molecule has 5 saturated heterocycles. The molecule has 2 aromatic heterocycles. The van der Waals surface area contributed by atoms with Gasteiger partial charge in [-0.3, -0.25) is 34.5 Å². The molecule has 5 fully saturated rings. The summed E-state index contributed by atoms with van der Waals surface area (Å²) in [5.41, 5.74) is 1.46. The summed E-state index contributed by atoms with van der Waals surface area (Å²) in [7, 11) is 0. The topological polar surface area (TPSA) is 242 Å². The molecule has 11 rings (SSSR count). The van der Waals surface area contributed by atoms with E-state index < -0.39 is 53.3 Å². The van der Waals surface area contributed by atoms with E-state index in [-0.39, 0.29) is 122 Å². The molecule has 6 unspecified atom stereocenters. The van der Waals surface area contributed by atoms with Crippen LogP contribution in [0.15, 0.2) is 60.8 Å². The van der Waals surface area contributed by atoms with E-state index in [1.807, 2.05) is 0 Å². The van der Waals surface area contributed by atoms with Gasteiger partial charge in [0.2, 0.25) is 11.8 Å². The summed E-state index contributed by atoms with van der Waals surface area (Å²) in [6.07, 6.45) is 9.58. The van der Waals surface area contributed by atoms with Crippen molar-refractivity contribution in [2.75, 3.05) is 82.6 Å². The number of imide groups is 1. The van der Waals surface area contributed by atoms with Crippen molar-refractivity contribution in [1.82, 2.24) is 40.7 Å². The predicted octanol–water partition coefficient (Wildman–Crippen LogP) is 4.42. The Balaban J connectivity index is 0.667. The highest BCUT2D eigenvalue weighted by Gasteiger charge is 2.52. The SMILES string of the molecule is C#Cc1c(F)ccc2cc(O)cc(-c3ncc4c(N5CC6CCC(C5)N6)nc(OCC56CCC(COC(=O)NCCOCCOCCNc7cccc8c7C(O)N(C7CCC(=O)NC7=O)C8=O)N5CC(=C)C6)nc4c3F)c12. The Labute approximate surface area is 441 Å². The fraction of sp³-hybridized carbons (Fsp3) is 0.436. The van der Waals surface area contributed by atoms with Crippen LogP contribution in [0.1, 0.15) is 72.7 Å². The molecular formula is C55H58F2N10O10. The Hall–Kier alpha value is -7.55. The minimum Gasteiger partial charge on any atom is -0.508 e. The minimum atomic E-state index is -1.36. The Morgan fingerprint density at radius 1 is 0.987 bits per heavy atom. The summed E-state index contributed by atoms with van der Waals surface area (Å²) >= 11 is 0. The van der Waals surface area contributed by atoms with Crippen molar-refractivity contribution in [3.8, 4) is 35.4 Å². The van der Waals surface area contributed by atoms with E-state index in [9.17, 15) is 29.4 Å². The van der Waals surface area contributed by atoms with Crippen LogP contribution in [-0.2, 0) is 23.8 Å². The average molecular weight is 1060 g/mol. The monoisotopic (exact) mass is 1060 g/mol. The van der Waals surface area contributed by atoms with Gasteiger partial charge in [-0.25, -0.2) is 13.6 Å². The molecule has 6 N–H and O–H groups in total. The number of carbonyl (C=O) groups is 4. The number of ether oxygens (including phenoxy) is 4. The number of fused-ring (bicyclic) bond motifs is 6.